The second-order valence-electron chi connectivity index (χ2n) is 29.5. The third-order valence-electron chi connectivity index (χ3n) is 22.7. The van der Waals surface area contributed by atoms with E-state index in [2.05, 4.69) is 376 Å². The van der Waals surface area contributed by atoms with E-state index < -0.39 is 31.7 Å². The molecule has 580 valence electrons. The largest absolute Gasteiger partial charge is 1.00 e. The summed E-state index contributed by atoms with van der Waals surface area (Å²) in [5.41, 5.74) is 33.4. The Morgan fingerprint density at radius 2 is 0.517 bits per heavy atom. The molecule has 12 heteroatoms. The van der Waals surface area contributed by atoms with Crippen LogP contribution in [0.3, 0.4) is 0 Å². The zero-order valence-electron chi connectivity index (χ0n) is 66.2. The molecule has 0 fully saturated rings. The Morgan fingerprint density at radius 1 is 0.200 bits per heavy atom. The van der Waals surface area contributed by atoms with Crippen molar-refractivity contribution in [2.45, 2.75) is 0 Å². The van der Waals surface area contributed by atoms with Crippen LogP contribution >= 0.6 is 31.7 Å². The van der Waals surface area contributed by atoms with E-state index in [9.17, 15) is 0 Å². The van der Waals surface area contributed by atoms with Crippen molar-refractivity contribution in [3.05, 3.63) is 413 Å². The van der Waals surface area contributed by atoms with Crippen molar-refractivity contribution in [1.29, 1.82) is 0 Å². The molecule has 4 nitrogen and oxygen atoms in total. The minimum Gasteiger partial charge on any atom is -0.296 e. The van der Waals surface area contributed by atoms with Crippen LogP contribution in [0.4, 0.5) is 0 Å². The second-order valence-corrected chi connectivity index (χ2v) is 38.7. The molecule has 0 saturated heterocycles. The summed E-state index contributed by atoms with van der Waals surface area (Å²) in [5, 5.41) is 12.0. The molecule has 4 unspecified atom stereocenters. The maximum absolute atomic E-state index is 5.16. The van der Waals surface area contributed by atoms with Gasteiger partial charge in [-0.2, -0.15) is 0 Å². The zero-order valence-corrected chi connectivity index (χ0v) is 80.3. The molecule has 14 aromatic carbocycles. The van der Waals surface area contributed by atoms with Gasteiger partial charge >= 0.3 is 79.2 Å². The van der Waals surface area contributed by atoms with Crippen LogP contribution in [0, 0.1) is 24.3 Å². The molecule has 4 radical (unpaired) electrons. The van der Waals surface area contributed by atoms with Crippen LogP contribution in [0.1, 0.15) is 0 Å². The molecule has 0 bridgehead atoms. The molecule has 0 aliphatic carbocycles. The van der Waals surface area contributed by atoms with Gasteiger partial charge in [-0.25, -0.2) is 0 Å². The quantitative estimate of drug-likeness (QED) is 0.101. The first-order chi connectivity index (χ1) is 57.2. The van der Waals surface area contributed by atoms with Crippen molar-refractivity contribution >= 4 is 74.1 Å². The van der Waals surface area contributed by atoms with Crippen LogP contribution in [0.2, 0.25) is 0 Å². The number of hydrogen-bond acceptors (Lipinski definition) is 4. The van der Waals surface area contributed by atoms with Gasteiger partial charge in [0.2, 0.25) is 0 Å². The fraction of sp³-hybridized carbons (Fsp3) is 0.0370. The summed E-state index contributed by atoms with van der Waals surface area (Å²) < 4.78 is 0. The molecule has 8 heterocycles. The van der Waals surface area contributed by atoms with E-state index in [4.69, 9.17) is 9.97 Å². The predicted octanol–water partition coefficient (Wildman–Crippen LogP) is 23.3. The number of benzene rings is 14. The molecule has 4 aliphatic rings. The monoisotopic (exact) mass is 2320 g/mol. The molecule has 4 aromatic heterocycles. The van der Waals surface area contributed by atoms with Gasteiger partial charge in [-0.15, -0.1) is 131 Å². The Morgan fingerprint density at radius 3 is 0.983 bits per heavy atom. The molecule has 120 heavy (non-hydrogen) atoms. The van der Waals surface area contributed by atoms with E-state index in [0.717, 1.165) is 67.5 Å². The average molecular weight is 2320 g/mol. The standard InChI is InChI=1S/2C30H21NP.2C24H17NP.4Os/c1-32-29-18-9-8-15-24(29)25-16-10-17-26(30(25)32)28-20-23(21-11-4-2-5-12-21)19-27(31-28)22-13-6-3-7-14-22;1-32-29-16-6-5-13-26(29)27-15-8-14-25(30(27)32)23-11-7-12-24(19-23)28-20-22(17-18-31-28)21-9-3-2-4-10-21;1-26-23-14-3-2-10-20(23)21-12-7-11-19(24(21)26)17-8-6-9-18(16-17)22-13-4-5-15-25-22;1-26-23-16-6-5-11-18(23)19-12-7-13-20(24(19)26)22-15-8-14-21(25-22)17-9-3-2-4-10-17;;;;/h2-13,15-20H,1H3;2-18,20H,1H3;2-15H,1H3;2-9,11-16H,1H3;;;;/q4*-1;4*+1/p+4. The topological polar surface area (TPSA) is 51.6 Å². The maximum Gasteiger partial charge on any atom is 1.00 e. The van der Waals surface area contributed by atoms with Gasteiger partial charge in [0, 0.05) is 79.4 Å². The number of fused-ring (bicyclic) bond motifs is 12. The van der Waals surface area contributed by atoms with Gasteiger partial charge in [-0.3, -0.25) is 19.9 Å². The molecule has 18 aromatic rings. The first kappa shape index (κ1) is 84.9. The van der Waals surface area contributed by atoms with E-state index in [1.54, 1.807) is 0 Å². The smallest absolute Gasteiger partial charge is 0.296 e. The van der Waals surface area contributed by atoms with E-state index in [0.29, 0.717) is 0 Å². The van der Waals surface area contributed by atoms with Gasteiger partial charge in [-0.1, -0.05) is 242 Å². The molecule has 0 amide bonds. The van der Waals surface area contributed by atoms with Crippen LogP contribution in [-0.2, 0) is 79.2 Å². The molecule has 0 saturated carbocycles. The zero-order chi connectivity index (χ0) is 78.0. The number of aromatic nitrogens is 4. The molecule has 0 spiro atoms. The van der Waals surface area contributed by atoms with Gasteiger partial charge in [0.05, 0.1) is 80.3 Å². The Kier molecular flexibility index (Phi) is 27.1. The number of hydrogen-bond donors (Lipinski definition) is 0. The van der Waals surface area contributed by atoms with Crippen molar-refractivity contribution in [1.82, 2.24) is 19.9 Å². The van der Waals surface area contributed by atoms with Crippen molar-refractivity contribution in [3.63, 3.8) is 0 Å². The number of rotatable bonds is 10. The molecular formula is C108H80N4Os4P4+4. The third-order valence-corrected chi connectivity index (χ3v) is 32.8. The maximum atomic E-state index is 5.16. The Bertz CT molecular complexity index is 6460. The fourth-order valence-electron chi connectivity index (χ4n) is 17.2. The SMILES string of the molecule is C[PH+]1c2ccccc2-c2cccc(-c3[c-]c(-c4cc(-c5ccccc5)ccn4)ccc3)c21.C[PH+]1c2ccccc2-c2cccc(-c3[c-]c(-c4ccccn4)ccc3)c21.C[PH+]1c2ccccc2-c2cccc(-c3cc(-c4ccccc4)cc(-c4[c-]cccc4)n3)c21.C[PH+]1c2ccccc2-c2cccc(-c3cccc(-c4[c-]cccc4)n3)c21.[Os+].[Os+].[Os+].[Os+]. The fourth-order valence-corrected chi connectivity index (χ4v) is 27.1. The second kappa shape index (κ2) is 38.3. The summed E-state index contributed by atoms with van der Waals surface area (Å²) in [6.45, 7) is 9.62. The van der Waals surface area contributed by atoms with E-state index in [1.807, 2.05) is 73.1 Å². The first-order valence-electron chi connectivity index (χ1n) is 39.5. The van der Waals surface area contributed by atoms with Crippen molar-refractivity contribution in [2.24, 2.45) is 0 Å². The summed E-state index contributed by atoms with van der Waals surface area (Å²) in [6, 6.07) is 147. The van der Waals surface area contributed by atoms with Gasteiger partial charge in [0.25, 0.3) is 0 Å². The van der Waals surface area contributed by atoms with Crippen LogP contribution in [0.15, 0.2) is 389 Å². The molecule has 22 rings (SSSR count). The molecule has 0 N–H and O–H groups in total. The summed E-state index contributed by atoms with van der Waals surface area (Å²) in [5.74, 6) is 0. The minimum absolute atomic E-state index is 0. The van der Waals surface area contributed by atoms with E-state index >= 15 is 0 Å². The Labute approximate surface area is 761 Å². The van der Waals surface area contributed by atoms with E-state index in [1.165, 1.54) is 131 Å². The van der Waals surface area contributed by atoms with Crippen molar-refractivity contribution in [2.75, 3.05) is 26.7 Å². The summed E-state index contributed by atoms with van der Waals surface area (Å²) in [6.07, 6.45) is 3.72. The van der Waals surface area contributed by atoms with Crippen LogP contribution in [0.5, 0.6) is 0 Å². The van der Waals surface area contributed by atoms with Crippen molar-refractivity contribution < 1.29 is 79.2 Å². The molecular weight excluding hydrogens is 2240 g/mol. The molecule has 4 aliphatic heterocycles. The summed E-state index contributed by atoms with van der Waals surface area (Å²) in [4.78, 5) is 19.3. The average Bonchev–Trinajstić information content (AvgIpc) is 1.59. The first-order valence-corrected chi connectivity index (χ1v) is 47.5. The minimum atomic E-state index is -0.849. The number of nitrogens with zero attached hydrogens (tertiary/aromatic N) is 4. The third kappa shape index (κ3) is 16.9. The molecule has 4 atom stereocenters. The summed E-state index contributed by atoms with van der Waals surface area (Å²) in [7, 11) is -3.18. The van der Waals surface area contributed by atoms with Crippen LogP contribution < -0.4 is 42.4 Å². The van der Waals surface area contributed by atoms with Crippen LogP contribution in [-0.4, -0.2) is 46.6 Å². The Hall–Kier alpha value is -10.1. The van der Waals surface area contributed by atoms with Crippen molar-refractivity contribution in [3.8, 4) is 157 Å². The predicted molar refractivity (Wildman–Crippen MR) is 502 cm³/mol. The van der Waals surface area contributed by atoms with Gasteiger partial charge in [-0.05, 0) is 105 Å². The van der Waals surface area contributed by atoms with Gasteiger partial charge in [0.15, 0.2) is 0 Å². The van der Waals surface area contributed by atoms with Crippen LogP contribution in [0.25, 0.3) is 157 Å². The summed E-state index contributed by atoms with van der Waals surface area (Å²) >= 11 is 0. The number of pyridine rings is 4. The van der Waals surface area contributed by atoms with E-state index in [-0.39, 0.29) is 79.2 Å². The van der Waals surface area contributed by atoms with Gasteiger partial charge in [0.1, 0.15) is 31.8 Å². The Balaban J connectivity index is 0.000000124. The van der Waals surface area contributed by atoms with Gasteiger partial charge < -0.3 is 0 Å². The normalized spacial score (nSPS) is 13.9.